The Kier molecular flexibility index (Phi) is 54.4. The van der Waals surface area contributed by atoms with Crippen molar-refractivity contribution in [3.05, 3.63) is 47.6 Å². The highest BCUT2D eigenvalue weighted by molar-refractivity contribution is 5.75. The van der Waals surface area contributed by atoms with E-state index in [1.807, 2.05) is 0 Å². The fourth-order valence-electron chi connectivity index (χ4n) is 14.6. The van der Waals surface area contributed by atoms with Crippen molar-refractivity contribution in [2.75, 3.05) is 211 Å². The third kappa shape index (κ3) is 41.6. The molecule has 0 aromatic carbocycles. The van der Waals surface area contributed by atoms with Gasteiger partial charge in [0.05, 0.1) is 253 Å². The van der Waals surface area contributed by atoms with Gasteiger partial charge < -0.3 is 182 Å². The Balaban J connectivity index is 0.813. The van der Waals surface area contributed by atoms with Crippen molar-refractivity contribution >= 4 is 29.6 Å². The van der Waals surface area contributed by atoms with Gasteiger partial charge in [0.25, 0.3) is 0 Å². The number of rotatable bonds is 74. The van der Waals surface area contributed by atoms with Gasteiger partial charge in [-0.3, -0.25) is 33.8 Å². The number of carbonyl (C=O) groups is 5. The number of nitrogens with one attached hydrogen (secondary N) is 4. The first-order valence-electron chi connectivity index (χ1n) is 45.5. The summed E-state index contributed by atoms with van der Waals surface area (Å²) in [5, 5.41) is 178. The fraction of sp³-hybridized carbons (Fsp3) is 0.840. The first-order valence-corrected chi connectivity index (χ1v) is 45.5. The Morgan fingerprint density at radius 3 is 0.839 bits per heavy atom. The number of carboxylic acid groups (broad SMARTS) is 1. The molecule has 4 aliphatic heterocycles. The fourth-order valence-corrected chi connectivity index (χ4v) is 14.6. The Morgan fingerprint density at radius 1 is 0.336 bits per heavy atom. The Morgan fingerprint density at radius 2 is 0.577 bits per heavy atom. The van der Waals surface area contributed by atoms with Gasteiger partial charge in [-0.25, -0.2) is 18.7 Å². The molecule has 4 saturated heterocycles. The molecule has 17 N–H and O–H groups in total. The molecular formula is C81H140N18O38. The van der Waals surface area contributed by atoms with Crippen LogP contribution in [0.4, 0.5) is 0 Å². The minimum Gasteiger partial charge on any atom is -0.480 e. The number of ether oxygens (including phenoxy) is 20. The van der Waals surface area contributed by atoms with Crippen LogP contribution in [-0.2, 0) is 171 Å². The van der Waals surface area contributed by atoms with E-state index in [1.54, 1.807) is 43.7 Å². The molecule has 4 aromatic heterocycles. The lowest BCUT2D eigenvalue weighted by atomic mass is 9.97. The number of unbranched alkanes of at least 4 members (excludes halogenated alkanes) is 1. The van der Waals surface area contributed by atoms with Crippen molar-refractivity contribution in [1.82, 2.24) is 91.0 Å². The molecule has 0 radical (unpaired) electrons. The summed E-state index contributed by atoms with van der Waals surface area (Å²) in [6, 6.07) is -5.41. The van der Waals surface area contributed by atoms with Gasteiger partial charge in [-0.1, -0.05) is 27.3 Å². The zero-order chi connectivity index (χ0) is 98.6. The lowest BCUT2D eigenvalue weighted by molar-refractivity contribution is -0.272. The van der Waals surface area contributed by atoms with Crippen molar-refractivity contribution < 1.29 is 185 Å². The first kappa shape index (κ1) is 115. The molecule has 782 valence electrons. The van der Waals surface area contributed by atoms with E-state index in [4.69, 9.17) is 94.7 Å². The van der Waals surface area contributed by atoms with Crippen LogP contribution < -0.4 is 21.3 Å². The molecule has 20 unspecified atom stereocenters. The highest BCUT2D eigenvalue weighted by Crippen LogP contribution is 2.28. The number of aromatic nitrogens is 12. The average molecular weight is 1970 g/mol. The highest BCUT2D eigenvalue weighted by atomic mass is 16.7. The van der Waals surface area contributed by atoms with Gasteiger partial charge in [-0.05, 0) is 19.4 Å². The van der Waals surface area contributed by atoms with Gasteiger partial charge in [0.15, 0.2) is 25.2 Å². The summed E-state index contributed by atoms with van der Waals surface area (Å²) in [4.78, 5) is 64.5. The molecule has 0 spiro atoms. The van der Waals surface area contributed by atoms with Crippen LogP contribution in [0.2, 0.25) is 0 Å². The molecule has 4 fully saturated rings. The van der Waals surface area contributed by atoms with Gasteiger partial charge in [0, 0.05) is 72.5 Å². The Labute approximate surface area is 790 Å². The van der Waals surface area contributed by atoms with Crippen molar-refractivity contribution in [1.29, 1.82) is 0 Å². The number of nitrogens with zero attached hydrogens (tertiary/aromatic N) is 14. The SMILES string of the molecule is CC(=O)NC1C(OCCOCCOCCOCCn2cc(CN(CCCC[C@@H](C(=O)O)N(Cc3cn(CCOCCOCCOCCOC4OC(CO)C(O)C(O)C4NC(C)=O)nn3)Cc3cn(COCCOCCOCCOC4OC(CO)C(O)C(O)C4NC(C)=O)nn3)Cc3cn(CCOCCOCCOCCOC4OC(CO)C(O)C(O)C4NC(C)=O)nn3)nn2)OC(CO)C(O)C1O. The van der Waals surface area contributed by atoms with E-state index in [2.05, 4.69) is 67.4 Å². The van der Waals surface area contributed by atoms with E-state index in [-0.39, 0.29) is 211 Å². The van der Waals surface area contributed by atoms with Gasteiger partial charge in [0.2, 0.25) is 23.6 Å². The number of hydrogen-bond donors (Lipinski definition) is 17. The second-order valence-corrected chi connectivity index (χ2v) is 32.1. The van der Waals surface area contributed by atoms with Gasteiger partial charge >= 0.3 is 5.97 Å². The third-order valence-electron chi connectivity index (χ3n) is 21.4. The third-order valence-corrected chi connectivity index (χ3v) is 21.4. The smallest absolute Gasteiger partial charge is 0.320 e. The predicted molar refractivity (Wildman–Crippen MR) is 459 cm³/mol. The number of aliphatic hydroxyl groups is 12. The molecule has 4 aromatic rings. The van der Waals surface area contributed by atoms with Crippen molar-refractivity contribution in [3.8, 4) is 0 Å². The Bertz CT molecular complexity index is 3840. The summed E-state index contributed by atoms with van der Waals surface area (Å²) in [6.07, 6.45) is -12.6. The molecule has 0 saturated carbocycles. The van der Waals surface area contributed by atoms with Crippen molar-refractivity contribution in [3.63, 3.8) is 0 Å². The maximum atomic E-state index is 13.6. The number of aliphatic hydroxyl groups excluding tert-OH is 12. The van der Waals surface area contributed by atoms with E-state index < -0.39 is 185 Å². The van der Waals surface area contributed by atoms with Gasteiger partial charge in [-0.2, -0.15) is 0 Å². The van der Waals surface area contributed by atoms with Gasteiger partial charge in [-0.15, -0.1) is 20.4 Å². The minimum atomic E-state index is -1.46. The van der Waals surface area contributed by atoms with E-state index in [0.29, 0.717) is 68.3 Å². The standard InChI is InChI=1S/C81H140N18O38/c1-52(104)82-65-73(112)69(108)61(47-100)134-78(65)130-35-31-125-25-21-121-18-15-118-12-9-96-43-56(86-90-96)39-94(40-57-44-97(91-87-57)10-13-119-16-19-122-22-26-126-32-36-131-79-66(83-53(2)105)74(113)70(109)62(48-101)135-79)8-6-5-7-60(77(116)117)95(42-59-46-99(93-89-59)51-129-30-29-124-24-28-128-34-38-133-81-68(85-55(4)107)76(115)72(111)64(50-103)137-81)41-58-45-98(92-88-58)11-14-120-17-20-123-23-27-127-33-37-132-80-67(84-54(3)106)75(114)71(110)63(49-102)136-80/h43-46,60-76,78-81,100-103,108-115H,5-42,47-51H2,1-4H3,(H,82,104)(H,83,105)(H,84,106)(H,85,107)(H,116,117)/t60-,61?,62?,63?,64?,65?,66?,67?,68?,69?,70?,71?,72?,73?,74?,75?,76?,78?,79?,80?,81?/m0/s1. The quantitative estimate of drug-likeness (QED) is 0.0183. The number of aliphatic carboxylic acids is 1. The maximum absolute atomic E-state index is 13.6. The molecule has 8 rings (SSSR count). The zero-order valence-corrected chi connectivity index (χ0v) is 77.6. The maximum Gasteiger partial charge on any atom is 0.320 e. The summed E-state index contributed by atoms with van der Waals surface area (Å²) < 4.78 is 120. The van der Waals surface area contributed by atoms with E-state index in [1.165, 1.54) is 32.4 Å². The molecule has 56 nitrogen and oxygen atoms in total. The van der Waals surface area contributed by atoms with Crippen LogP contribution in [0.15, 0.2) is 24.8 Å². The van der Waals surface area contributed by atoms with Crippen LogP contribution in [0.1, 0.15) is 69.7 Å². The molecule has 137 heavy (non-hydrogen) atoms. The molecular weight excluding hydrogens is 1830 g/mol. The largest absolute Gasteiger partial charge is 0.480 e. The predicted octanol–water partition coefficient (Wildman–Crippen LogP) is -10.6. The molecule has 4 amide bonds. The highest BCUT2D eigenvalue weighted by Gasteiger charge is 2.49. The van der Waals surface area contributed by atoms with Crippen LogP contribution in [-0.4, -0.2) is 506 Å². The minimum absolute atomic E-state index is 0.00291. The molecule has 56 heteroatoms. The summed E-state index contributed by atoms with van der Waals surface area (Å²) >= 11 is 0. The molecule has 0 bridgehead atoms. The average Bonchev–Trinajstić information content (AvgIpc) is 1.80. The second-order valence-electron chi connectivity index (χ2n) is 32.1. The van der Waals surface area contributed by atoms with Gasteiger partial charge in [0.1, 0.15) is 110 Å². The summed E-state index contributed by atoms with van der Waals surface area (Å²) in [6.45, 7) is 9.42. The molecule has 0 aliphatic carbocycles. The van der Waals surface area contributed by atoms with Crippen LogP contribution in [0.25, 0.3) is 0 Å². The number of hydrogen-bond acceptors (Lipinski definition) is 47. The van der Waals surface area contributed by atoms with Crippen LogP contribution >= 0.6 is 0 Å². The number of carbonyl (C=O) groups excluding carboxylic acids is 4. The molecule has 4 aliphatic rings. The monoisotopic (exact) mass is 1970 g/mol. The second kappa shape index (κ2) is 64.9. The topological polar surface area (TPSA) is 710 Å². The van der Waals surface area contributed by atoms with Crippen LogP contribution in [0.3, 0.4) is 0 Å². The summed E-state index contributed by atoms with van der Waals surface area (Å²) in [5.74, 6) is -3.02. The van der Waals surface area contributed by atoms with Crippen molar-refractivity contribution in [2.24, 2.45) is 0 Å². The van der Waals surface area contributed by atoms with E-state index in [9.17, 15) is 90.4 Å². The zero-order valence-electron chi connectivity index (χ0n) is 77.6. The molecule has 21 atom stereocenters. The van der Waals surface area contributed by atoms with E-state index >= 15 is 0 Å². The lowest BCUT2D eigenvalue weighted by Crippen LogP contribution is -2.64. The first-order chi connectivity index (χ1) is 66.3. The van der Waals surface area contributed by atoms with Crippen molar-refractivity contribution in [2.45, 2.75) is 228 Å². The lowest BCUT2D eigenvalue weighted by Gasteiger charge is -2.42. The summed E-state index contributed by atoms with van der Waals surface area (Å²) in [5.41, 5.74) is 2.14. The van der Waals surface area contributed by atoms with Crippen LogP contribution in [0, 0.1) is 0 Å². The number of carboxylic acids is 1. The normalized spacial score (nSPS) is 25.5. The Hall–Kier alpha value is -7.45. The number of amides is 4. The molecule has 8 heterocycles. The summed E-state index contributed by atoms with van der Waals surface area (Å²) in [7, 11) is 0. The van der Waals surface area contributed by atoms with E-state index in [0.717, 1.165) is 0 Å². The van der Waals surface area contributed by atoms with Crippen LogP contribution in [0.5, 0.6) is 0 Å².